The smallest absolute Gasteiger partial charge is 0.311 e. The maximum absolute atomic E-state index is 13.1. The molecule has 2 N–H and O–H groups in total. The summed E-state index contributed by atoms with van der Waals surface area (Å²) in [5, 5.41) is 23.4. The lowest BCUT2D eigenvalue weighted by atomic mass is 10.1. The summed E-state index contributed by atoms with van der Waals surface area (Å²) in [5.41, 5.74) is 0.913. The zero-order valence-electron chi connectivity index (χ0n) is 17.0. The number of benzene rings is 3. The fraction of sp³-hybridized carbons (Fsp3) is 0.0455. The van der Waals surface area contributed by atoms with E-state index in [2.05, 4.69) is 37.2 Å². The fourth-order valence-electron chi connectivity index (χ4n) is 3.20. The van der Waals surface area contributed by atoms with Crippen LogP contribution in [-0.2, 0) is 20.4 Å². The summed E-state index contributed by atoms with van der Waals surface area (Å²) in [6, 6.07) is 13.6. The number of hydrogen-bond donors (Lipinski definition) is 2. The Hall–Kier alpha value is -2.67. The fourth-order valence-corrected chi connectivity index (χ4v) is 7.34. The molecule has 3 aromatic carbocycles. The number of nitrogens with one attached hydrogen (secondary N) is 1. The molecule has 1 heterocycles. The van der Waals surface area contributed by atoms with Crippen LogP contribution >= 0.6 is 43.6 Å². The van der Waals surface area contributed by atoms with Crippen molar-refractivity contribution in [2.75, 3.05) is 5.32 Å². The average molecular weight is 626 g/mol. The summed E-state index contributed by atoms with van der Waals surface area (Å²) in [7, 11) is -3.71. The SMILES string of the molecule is O=C1Nc2ccc(S(=O)(=O)Cc3c(Br)cccc3Br)cc2SC1=Cc1ccc(O)c([N+](=O)[O-])c1. The Morgan fingerprint density at radius 3 is 2.47 bits per heavy atom. The normalized spacial score (nSPS) is 14.5. The number of nitro groups is 1. The third kappa shape index (κ3) is 5.04. The van der Waals surface area contributed by atoms with Crippen molar-refractivity contribution >= 4 is 76.8 Å². The minimum atomic E-state index is -3.71. The van der Waals surface area contributed by atoms with Gasteiger partial charge in [-0.15, -0.1) is 0 Å². The van der Waals surface area contributed by atoms with Crippen LogP contribution in [0.4, 0.5) is 11.4 Å². The molecule has 1 aliphatic heterocycles. The van der Waals surface area contributed by atoms with Crippen LogP contribution in [0.15, 0.2) is 78.2 Å². The lowest BCUT2D eigenvalue weighted by Crippen LogP contribution is -2.17. The van der Waals surface area contributed by atoms with Crippen LogP contribution < -0.4 is 5.32 Å². The zero-order chi connectivity index (χ0) is 24.6. The highest BCUT2D eigenvalue weighted by molar-refractivity contribution is 9.11. The molecule has 0 aromatic heterocycles. The second-order valence-corrected chi connectivity index (χ2v) is 12.0. The lowest BCUT2D eigenvalue weighted by Gasteiger charge is -2.19. The maximum atomic E-state index is 13.1. The summed E-state index contributed by atoms with van der Waals surface area (Å²) < 4.78 is 27.6. The summed E-state index contributed by atoms with van der Waals surface area (Å²) in [4.78, 5) is 23.7. The van der Waals surface area contributed by atoms with Gasteiger partial charge in [0.1, 0.15) is 0 Å². The van der Waals surface area contributed by atoms with Gasteiger partial charge in [0.25, 0.3) is 5.91 Å². The number of aromatic hydroxyl groups is 1. The number of carbonyl (C=O) groups excluding carboxylic acids is 1. The van der Waals surface area contributed by atoms with Crippen molar-refractivity contribution < 1.29 is 23.2 Å². The second kappa shape index (κ2) is 9.53. The maximum Gasteiger partial charge on any atom is 0.311 e. The van der Waals surface area contributed by atoms with Gasteiger partial charge in [0.15, 0.2) is 15.6 Å². The number of phenols is 1. The molecule has 0 radical (unpaired) electrons. The van der Waals surface area contributed by atoms with E-state index in [-0.39, 0.29) is 15.6 Å². The molecule has 0 bridgehead atoms. The van der Waals surface area contributed by atoms with Crippen molar-refractivity contribution in [3.63, 3.8) is 0 Å². The molecule has 1 aliphatic rings. The van der Waals surface area contributed by atoms with Gasteiger partial charge >= 0.3 is 5.69 Å². The molecule has 12 heteroatoms. The number of carbonyl (C=O) groups is 1. The third-order valence-electron chi connectivity index (χ3n) is 4.89. The predicted octanol–water partition coefficient (Wildman–Crippen LogP) is 5.88. The highest BCUT2D eigenvalue weighted by Gasteiger charge is 2.25. The van der Waals surface area contributed by atoms with Gasteiger partial charge in [-0.1, -0.05) is 55.8 Å². The number of fused-ring (bicyclic) bond motifs is 1. The largest absolute Gasteiger partial charge is 0.502 e. The van der Waals surface area contributed by atoms with E-state index in [9.17, 15) is 28.4 Å². The van der Waals surface area contributed by atoms with Crippen LogP contribution in [0.1, 0.15) is 11.1 Å². The first-order valence-electron chi connectivity index (χ1n) is 9.53. The van der Waals surface area contributed by atoms with Crippen molar-refractivity contribution in [3.05, 3.63) is 89.7 Å². The molecule has 3 aromatic rings. The molecule has 174 valence electrons. The Bertz CT molecular complexity index is 1470. The van der Waals surface area contributed by atoms with Crippen molar-refractivity contribution in [3.8, 4) is 5.75 Å². The van der Waals surface area contributed by atoms with E-state index < -0.39 is 32.1 Å². The predicted molar refractivity (Wildman–Crippen MR) is 136 cm³/mol. The highest BCUT2D eigenvalue weighted by Crippen LogP contribution is 2.41. The first-order chi connectivity index (χ1) is 16.0. The van der Waals surface area contributed by atoms with E-state index >= 15 is 0 Å². The molecule has 0 fully saturated rings. The Balaban J connectivity index is 1.67. The number of amides is 1. The number of sulfone groups is 1. The minimum absolute atomic E-state index is 0.0946. The van der Waals surface area contributed by atoms with Gasteiger partial charge in [-0.05, 0) is 53.6 Å². The number of halogens is 2. The molecule has 34 heavy (non-hydrogen) atoms. The van der Waals surface area contributed by atoms with Crippen molar-refractivity contribution in [2.24, 2.45) is 0 Å². The number of rotatable bonds is 5. The molecule has 0 spiro atoms. The van der Waals surface area contributed by atoms with Gasteiger partial charge in [-0.3, -0.25) is 14.9 Å². The van der Waals surface area contributed by atoms with E-state index in [1.165, 1.54) is 36.4 Å². The molecule has 1 amide bonds. The minimum Gasteiger partial charge on any atom is -0.502 e. The van der Waals surface area contributed by atoms with Crippen molar-refractivity contribution in [2.45, 2.75) is 15.5 Å². The Morgan fingerprint density at radius 1 is 1.09 bits per heavy atom. The number of nitrogens with zero attached hydrogens (tertiary/aromatic N) is 1. The van der Waals surface area contributed by atoms with E-state index in [1.807, 2.05) is 0 Å². The molecular formula is C22H14Br2N2O6S2. The molecule has 8 nitrogen and oxygen atoms in total. The van der Waals surface area contributed by atoms with Gasteiger partial charge in [0.2, 0.25) is 0 Å². The van der Waals surface area contributed by atoms with E-state index in [4.69, 9.17) is 0 Å². The highest BCUT2D eigenvalue weighted by atomic mass is 79.9. The summed E-state index contributed by atoms with van der Waals surface area (Å²) in [5.74, 6) is -1.14. The molecule has 4 rings (SSSR count). The quantitative estimate of drug-likeness (QED) is 0.206. The average Bonchev–Trinajstić information content (AvgIpc) is 2.77. The van der Waals surface area contributed by atoms with Gasteiger partial charge in [-0.2, -0.15) is 0 Å². The molecule has 0 atom stereocenters. The first-order valence-corrected chi connectivity index (χ1v) is 13.6. The van der Waals surface area contributed by atoms with Gasteiger partial charge in [0, 0.05) is 19.9 Å². The monoisotopic (exact) mass is 624 g/mol. The Kier molecular flexibility index (Phi) is 6.85. The van der Waals surface area contributed by atoms with Crippen LogP contribution in [0.5, 0.6) is 5.75 Å². The van der Waals surface area contributed by atoms with Gasteiger partial charge in [-0.25, -0.2) is 8.42 Å². The van der Waals surface area contributed by atoms with Crippen molar-refractivity contribution in [1.29, 1.82) is 0 Å². The summed E-state index contributed by atoms with van der Waals surface area (Å²) >= 11 is 7.83. The van der Waals surface area contributed by atoms with Crippen LogP contribution in [-0.4, -0.2) is 24.4 Å². The second-order valence-electron chi connectivity index (χ2n) is 7.19. The standard InChI is InChI=1S/C22H14Br2N2O6S2/c23-15-2-1-3-16(24)14(15)11-34(31,32)13-5-6-17-20(10-13)33-21(22(28)25-17)9-12-4-7-19(27)18(8-12)26(29)30/h1-10,27H,11H2,(H,25,28). The summed E-state index contributed by atoms with van der Waals surface area (Å²) in [6.45, 7) is 0. The van der Waals surface area contributed by atoms with E-state index in [0.717, 1.165) is 17.8 Å². The van der Waals surface area contributed by atoms with E-state index in [1.54, 1.807) is 18.2 Å². The van der Waals surface area contributed by atoms with Crippen LogP contribution in [0.2, 0.25) is 0 Å². The molecular weight excluding hydrogens is 612 g/mol. The van der Waals surface area contributed by atoms with Gasteiger partial charge < -0.3 is 10.4 Å². The molecule has 0 saturated carbocycles. The van der Waals surface area contributed by atoms with E-state index in [0.29, 0.717) is 30.7 Å². The third-order valence-corrected chi connectivity index (χ3v) is 9.10. The van der Waals surface area contributed by atoms with Crippen LogP contribution in [0.3, 0.4) is 0 Å². The topological polar surface area (TPSA) is 127 Å². The lowest BCUT2D eigenvalue weighted by molar-refractivity contribution is -0.385. The molecule has 0 aliphatic carbocycles. The summed E-state index contributed by atoms with van der Waals surface area (Å²) in [6.07, 6.45) is 1.44. The number of phenolic OH excluding ortho intramolecular Hbond substituents is 1. The Morgan fingerprint density at radius 2 is 1.79 bits per heavy atom. The zero-order valence-corrected chi connectivity index (χ0v) is 21.8. The Labute approximate surface area is 215 Å². The number of nitro benzene ring substituents is 1. The van der Waals surface area contributed by atoms with Crippen LogP contribution in [0.25, 0.3) is 6.08 Å². The van der Waals surface area contributed by atoms with Gasteiger partial charge in [0.05, 0.1) is 26.2 Å². The number of anilines is 1. The molecule has 0 saturated heterocycles. The van der Waals surface area contributed by atoms with Crippen LogP contribution in [0, 0.1) is 10.1 Å². The molecule has 0 unspecified atom stereocenters. The number of thioether (sulfide) groups is 1. The number of hydrogen-bond acceptors (Lipinski definition) is 7. The first kappa shape index (κ1) is 24.5. The van der Waals surface area contributed by atoms with Crippen molar-refractivity contribution in [1.82, 2.24) is 0 Å².